The highest BCUT2D eigenvalue weighted by atomic mass is 19.1. The maximum atomic E-state index is 13.3. The van der Waals surface area contributed by atoms with Crippen LogP contribution in [0.4, 0.5) is 10.1 Å². The van der Waals surface area contributed by atoms with E-state index in [1.165, 1.54) is 18.3 Å². The van der Waals surface area contributed by atoms with Crippen molar-refractivity contribution in [2.45, 2.75) is 6.92 Å². The minimum absolute atomic E-state index is 0.292. The van der Waals surface area contributed by atoms with Crippen molar-refractivity contribution >= 4 is 16.6 Å². The van der Waals surface area contributed by atoms with E-state index in [1.807, 2.05) is 6.07 Å². The van der Waals surface area contributed by atoms with E-state index < -0.39 is 0 Å². The van der Waals surface area contributed by atoms with Gasteiger partial charge in [0.05, 0.1) is 16.8 Å². The number of anilines is 1. The molecule has 0 saturated carbocycles. The molecule has 0 aliphatic heterocycles. The molecule has 4 nitrogen and oxygen atoms in total. The van der Waals surface area contributed by atoms with Gasteiger partial charge < -0.3 is 5.43 Å². The first-order chi connectivity index (χ1) is 7.67. The minimum atomic E-state index is -0.376. The van der Waals surface area contributed by atoms with Crippen LogP contribution >= 0.6 is 0 Å². The molecule has 1 aromatic carbocycles. The molecule has 16 heavy (non-hydrogen) atoms. The van der Waals surface area contributed by atoms with Crippen molar-refractivity contribution in [1.29, 1.82) is 5.26 Å². The molecule has 1 heterocycles. The molecule has 0 aliphatic rings. The summed E-state index contributed by atoms with van der Waals surface area (Å²) in [5.74, 6) is 4.96. The number of nitrogen functional groups attached to an aromatic ring is 1. The number of nitrogens with zero attached hydrogens (tertiary/aromatic N) is 2. The molecular weight excluding hydrogens is 207 g/mol. The zero-order chi connectivity index (χ0) is 11.7. The lowest BCUT2D eigenvalue weighted by Crippen LogP contribution is -2.09. The summed E-state index contributed by atoms with van der Waals surface area (Å²) in [4.78, 5) is 4.12. The number of hydrazine groups is 1. The first-order valence-corrected chi connectivity index (χ1v) is 4.63. The van der Waals surface area contributed by atoms with Gasteiger partial charge in [-0.3, -0.25) is 10.8 Å². The van der Waals surface area contributed by atoms with Gasteiger partial charge in [-0.15, -0.1) is 0 Å². The lowest BCUT2D eigenvalue weighted by Gasteiger charge is -2.08. The number of aromatic nitrogens is 1. The molecule has 0 radical (unpaired) electrons. The van der Waals surface area contributed by atoms with Gasteiger partial charge in [0.25, 0.3) is 0 Å². The number of benzene rings is 1. The summed E-state index contributed by atoms with van der Waals surface area (Å²) in [5, 5.41) is 9.38. The van der Waals surface area contributed by atoms with Crippen molar-refractivity contribution in [3.8, 4) is 6.07 Å². The summed E-state index contributed by atoms with van der Waals surface area (Å²) in [6.45, 7) is 1.75. The van der Waals surface area contributed by atoms with E-state index in [2.05, 4.69) is 10.4 Å². The van der Waals surface area contributed by atoms with Crippen molar-refractivity contribution in [2.24, 2.45) is 5.84 Å². The number of fused-ring (bicyclic) bond motifs is 1. The molecule has 0 aliphatic carbocycles. The normalized spacial score (nSPS) is 10.1. The molecule has 0 spiro atoms. The van der Waals surface area contributed by atoms with Gasteiger partial charge in [-0.2, -0.15) is 5.26 Å². The second kappa shape index (κ2) is 3.76. The Morgan fingerprint density at radius 1 is 1.50 bits per heavy atom. The van der Waals surface area contributed by atoms with Gasteiger partial charge in [-0.25, -0.2) is 4.39 Å². The van der Waals surface area contributed by atoms with Crippen LogP contribution in [0.5, 0.6) is 0 Å². The monoisotopic (exact) mass is 216 g/mol. The number of aryl methyl sites for hydroxylation is 1. The Hall–Kier alpha value is -2.19. The molecule has 0 unspecified atom stereocenters. The number of hydrogen-bond donors (Lipinski definition) is 2. The summed E-state index contributed by atoms with van der Waals surface area (Å²) >= 11 is 0. The third kappa shape index (κ3) is 1.45. The molecule has 0 amide bonds. The van der Waals surface area contributed by atoms with Crippen LogP contribution in [0.2, 0.25) is 0 Å². The molecule has 0 fully saturated rings. The van der Waals surface area contributed by atoms with E-state index in [1.54, 1.807) is 6.92 Å². The molecule has 0 bridgehead atoms. The standard InChI is InChI=1S/C11H9FN4/c1-6-2-8(12)3-9-10(6)15-5-7(4-13)11(9)16-14/h2-3,5H,14H2,1H3,(H,15,16). The Morgan fingerprint density at radius 3 is 2.88 bits per heavy atom. The zero-order valence-electron chi connectivity index (χ0n) is 8.58. The molecule has 0 atom stereocenters. The fourth-order valence-electron chi connectivity index (χ4n) is 1.68. The number of nitrogens with two attached hydrogens (primary N) is 1. The van der Waals surface area contributed by atoms with E-state index in [0.717, 1.165) is 0 Å². The summed E-state index contributed by atoms with van der Waals surface area (Å²) in [5.41, 5.74) is 4.44. The fourth-order valence-corrected chi connectivity index (χ4v) is 1.68. The highest BCUT2D eigenvalue weighted by Gasteiger charge is 2.10. The topological polar surface area (TPSA) is 74.7 Å². The van der Waals surface area contributed by atoms with E-state index in [0.29, 0.717) is 27.7 Å². The molecule has 1 aromatic heterocycles. The summed E-state index contributed by atoms with van der Waals surface area (Å²) in [6, 6.07) is 4.65. The Kier molecular flexibility index (Phi) is 2.43. The maximum Gasteiger partial charge on any atom is 0.124 e. The Labute approximate surface area is 91.5 Å². The minimum Gasteiger partial charge on any atom is -0.322 e. The van der Waals surface area contributed by atoms with Crippen molar-refractivity contribution in [3.63, 3.8) is 0 Å². The predicted molar refractivity (Wildman–Crippen MR) is 59.0 cm³/mol. The second-order valence-electron chi connectivity index (χ2n) is 3.42. The molecule has 5 heteroatoms. The number of nitrogens with one attached hydrogen (secondary N) is 1. The van der Waals surface area contributed by atoms with Crippen LogP contribution in [0, 0.1) is 24.1 Å². The van der Waals surface area contributed by atoms with Crippen LogP contribution in [0.3, 0.4) is 0 Å². The predicted octanol–water partition coefficient (Wildman–Crippen LogP) is 1.84. The number of nitriles is 1. The number of hydrogen-bond acceptors (Lipinski definition) is 4. The van der Waals surface area contributed by atoms with Crippen LogP contribution in [0.1, 0.15) is 11.1 Å². The quantitative estimate of drug-likeness (QED) is 0.563. The summed E-state index contributed by atoms with van der Waals surface area (Å²) < 4.78 is 13.3. The highest BCUT2D eigenvalue weighted by molar-refractivity contribution is 5.95. The van der Waals surface area contributed by atoms with Crippen LogP contribution in [-0.4, -0.2) is 4.98 Å². The van der Waals surface area contributed by atoms with Crippen molar-refractivity contribution in [3.05, 3.63) is 35.3 Å². The van der Waals surface area contributed by atoms with Gasteiger partial charge in [-0.05, 0) is 24.6 Å². The van der Waals surface area contributed by atoms with Gasteiger partial charge in [0, 0.05) is 11.6 Å². The smallest absolute Gasteiger partial charge is 0.124 e. The van der Waals surface area contributed by atoms with Gasteiger partial charge in [0.15, 0.2) is 0 Å². The number of rotatable bonds is 1. The van der Waals surface area contributed by atoms with Crippen LogP contribution in [-0.2, 0) is 0 Å². The van der Waals surface area contributed by atoms with E-state index >= 15 is 0 Å². The third-order valence-corrected chi connectivity index (χ3v) is 2.39. The van der Waals surface area contributed by atoms with Crippen LogP contribution < -0.4 is 11.3 Å². The summed E-state index contributed by atoms with van der Waals surface area (Å²) in [6.07, 6.45) is 1.42. The zero-order valence-corrected chi connectivity index (χ0v) is 8.58. The van der Waals surface area contributed by atoms with Gasteiger partial charge in [0.2, 0.25) is 0 Å². The average Bonchev–Trinajstić information content (AvgIpc) is 2.27. The Balaban J connectivity index is 2.93. The van der Waals surface area contributed by atoms with E-state index in [9.17, 15) is 4.39 Å². The molecule has 0 saturated heterocycles. The van der Waals surface area contributed by atoms with E-state index in [4.69, 9.17) is 11.1 Å². The second-order valence-corrected chi connectivity index (χ2v) is 3.42. The first kappa shape index (κ1) is 10.3. The Bertz CT molecular complexity index is 601. The maximum absolute atomic E-state index is 13.3. The van der Waals surface area contributed by atoms with Gasteiger partial charge in [-0.1, -0.05) is 0 Å². The van der Waals surface area contributed by atoms with Crippen LogP contribution in [0.15, 0.2) is 18.3 Å². The molecule has 2 rings (SSSR count). The molecular formula is C11H9FN4. The first-order valence-electron chi connectivity index (χ1n) is 4.63. The van der Waals surface area contributed by atoms with Crippen molar-refractivity contribution < 1.29 is 4.39 Å². The summed E-state index contributed by atoms with van der Waals surface area (Å²) in [7, 11) is 0. The van der Waals surface area contributed by atoms with Gasteiger partial charge >= 0.3 is 0 Å². The SMILES string of the molecule is Cc1cc(F)cc2c(NN)c(C#N)cnc12. The van der Waals surface area contributed by atoms with Crippen LogP contribution in [0.25, 0.3) is 10.9 Å². The highest BCUT2D eigenvalue weighted by Crippen LogP contribution is 2.27. The largest absolute Gasteiger partial charge is 0.322 e. The lowest BCUT2D eigenvalue weighted by molar-refractivity contribution is 0.628. The number of halogens is 1. The third-order valence-electron chi connectivity index (χ3n) is 2.39. The van der Waals surface area contributed by atoms with Crippen molar-refractivity contribution in [1.82, 2.24) is 4.98 Å². The fraction of sp³-hybridized carbons (Fsp3) is 0.0909. The molecule has 2 aromatic rings. The van der Waals surface area contributed by atoms with Crippen molar-refractivity contribution in [2.75, 3.05) is 5.43 Å². The molecule has 80 valence electrons. The Morgan fingerprint density at radius 2 is 2.25 bits per heavy atom. The van der Waals surface area contributed by atoms with E-state index in [-0.39, 0.29) is 5.82 Å². The molecule has 3 N–H and O–H groups in total. The lowest BCUT2D eigenvalue weighted by atomic mass is 10.1. The van der Waals surface area contributed by atoms with Gasteiger partial charge in [0.1, 0.15) is 11.9 Å². The number of pyridine rings is 1. The average molecular weight is 216 g/mol.